The van der Waals surface area contributed by atoms with Gasteiger partial charge in [-0.05, 0) is 0 Å². The summed E-state index contributed by atoms with van der Waals surface area (Å²) in [7, 11) is 0. The summed E-state index contributed by atoms with van der Waals surface area (Å²) in [6.45, 7) is -2.88. The Morgan fingerprint density at radius 2 is 1.32 bits per heavy atom. The quantitative estimate of drug-likeness (QED) is 0.194. The molecule has 0 aliphatic rings. The van der Waals surface area contributed by atoms with E-state index in [1.165, 1.54) is 0 Å². The molecule has 11 nitrogen and oxygen atoms in total. The first-order chi connectivity index (χ1) is 10.7. The molecule has 139 valence electrons. The molecule has 0 aliphatic heterocycles. The van der Waals surface area contributed by atoms with Gasteiger partial charge >= 0.3 is 47.5 Å². The fourth-order valence-corrected chi connectivity index (χ4v) is 1.66. The third-order valence-electron chi connectivity index (χ3n) is 2.51. The van der Waals surface area contributed by atoms with Crippen LogP contribution in [-0.2, 0) is 41.0 Å². The molecule has 13 heteroatoms. The van der Waals surface area contributed by atoms with E-state index in [1.54, 1.807) is 0 Å². The van der Waals surface area contributed by atoms with Gasteiger partial charge in [-0.25, -0.2) is 0 Å². The van der Waals surface area contributed by atoms with Crippen LogP contribution < -0.4 is 34.7 Å². The molecule has 0 spiro atoms. The standard InChI is InChI=1S/C12H20N2O9.Mn.Na/c15-3-4-23-12(22)8-14(7-11(20)21)2-1-13(5-9(16)17)6-10(18)19;;/h15H,1-8H2,(H,16,17)(H,18,19)(H,20,21);;/q;;+1/p-1. The molecule has 0 aromatic heterocycles. The van der Waals surface area contributed by atoms with Crippen LogP contribution in [0.5, 0.6) is 0 Å². The van der Waals surface area contributed by atoms with Crippen molar-refractivity contribution in [1.29, 1.82) is 0 Å². The average Bonchev–Trinajstić information content (AvgIpc) is 2.40. The van der Waals surface area contributed by atoms with Crippen molar-refractivity contribution in [3.05, 3.63) is 0 Å². The predicted octanol–water partition coefficient (Wildman–Crippen LogP) is -6.95. The van der Waals surface area contributed by atoms with E-state index in [0.717, 1.165) is 9.80 Å². The van der Waals surface area contributed by atoms with Crippen molar-refractivity contribution in [1.82, 2.24) is 9.80 Å². The Morgan fingerprint density at radius 1 is 0.880 bits per heavy atom. The van der Waals surface area contributed by atoms with Gasteiger partial charge in [0.2, 0.25) is 0 Å². The van der Waals surface area contributed by atoms with Crippen LogP contribution in [0.2, 0.25) is 0 Å². The van der Waals surface area contributed by atoms with Crippen LogP contribution in [0.4, 0.5) is 0 Å². The van der Waals surface area contributed by atoms with Crippen LogP contribution in [0.25, 0.3) is 0 Å². The van der Waals surface area contributed by atoms with Gasteiger partial charge < -0.3 is 30.0 Å². The summed E-state index contributed by atoms with van der Waals surface area (Å²) in [5, 5.41) is 36.6. The summed E-state index contributed by atoms with van der Waals surface area (Å²) >= 11 is 0. The van der Waals surface area contributed by atoms with Crippen molar-refractivity contribution >= 4 is 23.9 Å². The van der Waals surface area contributed by atoms with Gasteiger partial charge in [0, 0.05) is 36.7 Å². The van der Waals surface area contributed by atoms with Crippen molar-refractivity contribution in [3.8, 4) is 0 Å². The zero-order valence-electron chi connectivity index (χ0n) is 13.7. The molecule has 0 aliphatic carbocycles. The zero-order chi connectivity index (χ0) is 17.8. The summed E-state index contributed by atoms with van der Waals surface area (Å²) in [6, 6.07) is 0. The number of ether oxygens (including phenoxy) is 1. The monoisotopic (exact) mass is 413 g/mol. The maximum Gasteiger partial charge on any atom is 1.00 e. The molecule has 1 radical (unpaired) electrons. The molecule has 0 aromatic rings. The molecule has 0 heterocycles. The molecule has 0 atom stereocenters. The van der Waals surface area contributed by atoms with Crippen LogP contribution >= 0.6 is 0 Å². The number of rotatable bonds is 13. The van der Waals surface area contributed by atoms with Crippen LogP contribution in [0.1, 0.15) is 0 Å². The van der Waals surface area contributed by atoms with Gasteiger partial charge in [0.15, 0.2) is 0 Å². The maximum absolute atomic E-state index is 11.4. The summed E-state index contributed by atoms with van der Waals surface area (Å²) in [4.78, 5) is 45.6. The van der Waals surface area contributed by atoms with Crippen LogP contribution in [0.15, 0.2) is 0 Å². The van der Waals surface area contributed by atoms with Gasteiger partial charge in [-0.1, -0.05) is 0 Å². The molecule has 0 amide bonds. The molecule has 0 saturated carbocycles. The molecule has 25 heavy (non-hydrogen) atoms. The molecule has 3 N–H and O–H groups in total. The molecule has 0 fully saturated rings. The average molecular weight is 413 g/mol. The second-order valence-corrected chi connectivity index (χ2v) is 4.52. The van der Waals surface area contributed by atoms with E-state index in [1.807, 2.05) is 0 Å². The number of carbonyl (C=O) groups excluding carboxylic acids is 2. The zero-order valence-corrected chi connectivity index (χ0v) is 16.9. The van der Waals surface area contributed by atoms with Gasteiger partial charge in [-0.2, -0.15) is 0 Å². The fourth-order valence-electron chi connectivity index (χ4n) is 1.66. The molecule has 0 bridgehead atoms. The van der Waals surface area contributed by atoms with E-state index in [9.17, 15) is 24.3 Å². The summed E-state index contributed by atoms with van der Waals surface area (Å²) < 4.78 is 4.59. The van der Waals surface area contributed by atoms with Gasteiger partial charge in [-0.3, -0.25) is 24.2 Å². The SMILES string of the molecule is O=C([O-])CN(CCN(CC(=O)O)CC(=O)O)CC(=O)OCCO.[Mn].[Na+]. The summed E-state index contributed by atoms with van der Waals surface area (Å²) in [5.41, 5.74) is 0. The maximum atomic E-state index is 11.4. The summed E-state index contributed by atoms with van der Waals surface area (Å²) in [6.07, 6.45) is 0. The minimum Gasteiger partial charge on any atom is -0.549 e. The number of hydrogen-bond donors (Lipinski definition) is 3. The summed E-state index contributed by atoms with van der Waals surface area (Å²) in [5.74, 6) is -4.70. The molecule has 0 aromatic carbocycles. The van der Waals surface area contributed by atoms with Crippen molar-refractivity contribution in [2.24, 2.45) is 0 Å². The van der Waals surface area contributed by atoms with E-state index in [0.29, 0.717) is 0 Å². The van der Waals surface area contributed by atoms with E-state index < -0.39 is 50.1 Å². The fraction of sp³-hybridized carbons (Fsp3) is 0.667. The van der Waals surface area contributed by atoms with Crippen molar-refractivity contribution in [3.63, 3.8) is 0 Å². The minimum absolute atomic E-state index is 0. The Hall–Kier alpha value is -0.721. The van der Waals surface area contributed by atoms with Crippen LogP contribution in [0.3, 0.4) is 0 Å². The predicted molar refractivity (Wildman–Crippen MR) is 71.2 cm³/mol. The number of carbonyl (C=O) groups is 4. The number of aliphatic hydroxyl groups is 1. The first kappa shape index (κ1) is 29.1. The first-order valence-corrected chi connectivity index (χ1v) is 6.59. The van der Waals surface area contributed by atoms with Gasteiger partial charge in [0.1, 0.15) is 6.61 Å². The van der Waals surface area contributed by atoms with E-state index in [-0.39, 0.29) is 72.9 Å². The smallest absolute Gasteiger partial charge is 0.549 e. The van der Waals surface area contributed by atoms with E-state index in [4.69, 9.17) is 15.3 Å². The van der Waals surface area contributed by atoms with Crippen molar-refractivity contribution in [2.75, 3.05) is 52.5 Å². The molecule has 0 saturated heterocycles. The Kier molecular flexibility index (Phi) is 19.4. The third kappa shape index (κ3) is 17.9. The van der Waals surface area contributed by atoms with Crippen LogP contribution in [-0.4, -0.2) is 101 Å². The van der Waals surface area contributed by atoms with Gasteiger partial charge in [-0.15, -0.1) is 0 Å². The number of aliphatic carboxylic acids is 3. The Labute approximate surface area is 176 Å². The van der Waals surface area contributed by atoms with Gasteiger partial charge in [0.05, 0.1) is 32.2 Å². The van der Waals surface area contributed by atoms with Crippen molar-refractivity contribution < 1.29 is 91.0 Å². The molecular weight excluding hydrogens is 394 g/mol. The first-order valence-electron chi connectivity index (χ1n) is 6.59. The van der Waals surface area contributed by atoms with E-state index in [2.05, 4.69) is 4.74 Å². The Morgan fingerprint density at radius 3 is 1.68 bits per heavy atom. The normalized spacial score (nSPS) is 9.88. The Balaban J connectivity index is -0.00000242. The number of esters is 1. The van der Waals surface area contributed by atoms with Crippen molar-refractivity contribution in [2.45, 2.75) is 0 Å². The largest absolute Gasteiger partial charge is 1.00 e. The number of hydrogen-bond acceptors (Lipinski definition) is 9. The topological polar surface area (TPSA) is 168 Å². The van der Waals surface area contributed by atoms with Crippen LogP contribution in [0, 0.1) is 0 Å². The van der Waals surface area contributed by atoms with Gasteiger partial charge in [0.25, 0.3) is 0 Å². The molecule has 0 rings (SSSR count). The number of aliphatic hydroxyl groups excluding tert-OH is 1. The second kappa shape index (κ2) is 16.7. The van der Waals surface area contributed by atoms with E-state index >= 15 is 0 Å². The Bertz CT molecular complexity index is 423. The number of nitrogens with zero attached hydrogens (tertiary/aromatic N) is 2. The molecular formula is C12H19MnN2NaO9. The minimum atomic E-state index is -1.46. The third-order valence-corrected chi connectivity index (χ3v) is 2.51. The number of carboxylic acid groups (broad SMARTS) is 3. The number of carboxylic acids is 3. The second-order valence-electron chi connectivity index (χ2n) is 4.52. The molecule has 0 unspecified atom stereocenters.